The predicted molar refractivity (Wildman–Crippen MR) is 145 cm³/mol. The molecule has 0 heterocycles. The Morgan fingerprint density at radius 3 is 1.95 bits per heavy atom. The van der Waals surface area contributed by atoms with Gasteiger partial charge >= 0.3 is 18.2 Å². The number of nitrogens with one attached hydrogen (secondary N) is 2. The topological polar surface area (TPSA) is 112 Å². The van der Waals surface area contributed by atoms with Gasteiger partial charge in [0.25, 0.3) is 0 Å². The van der Waals surface area contributed by atoms with Crippen molar-refractivity contribution in [3.8, 4) is 22.6 Å². The van der Waals surface area contributed by atoms with Crippen molar-refractivity contribution in [2.45, 2.75) is 38.3 Å². The molecule has 0 aromatic heterocycles. The molecule has 9 heteroatoms. The van der Waals surface area contributed by atoms with Gasteiger partial charge in [-0.2, -0.15) is 0 Å². The molecule has 1 aliphatic carbocycles. The molecular weight excluding hydrogens is 500 g/mol. The minimum absolute atomic E-state index is 0.0690. The quantitative estimate of drug-likeness (QED) is 0.309. The van der Waals surface area contributed by atoms with E-state index < -0.39 is 29.8 Å². The SMILES string of the molecule is COc1ccc(OC(=O)[C@H](CNC(=O)OC(C)(C)C)NC(=O)OCC2c3ccccc3-c3ccccc32)cc1. The van der Waals surface area contributed by atoms with E-state index in [1.807, 2.05) is 48.5 Å². The van der Waals surface area contributed by atoms with Gasteiger partial charge in [-0.05, 0) is 67.3 Å². The number of carbonyl (C=O) groups is 3. The van der Waals surface area contributed by atoms with E-state index in [1.165, 1.54) is 7.11 Å². The van der Waals surface area contributed by atoms with Gasteiger partial charge < -0.3 is 29.6 Å². The van der Waals surface area contributed by atoms with Crippen LogP contribution in [0.3, 0.4) is 0 Å². The maximum absolute atomic E-state index is 13.0. The smallest absolute Gasteiger partial charge is 0.407 e. The van der Waals surface area contributed by atoms with Crippen molar-refractivity contribution in [1.29, 1.82) is 0 Å². The first-order chi connectivity index (χ1) is 18.6. The summed E-state index contributed by atoms with van der Waals surface area (Å²) in [6.07, 6.45) is -1.56. The van der Waals surface area contributed by atoms with Crippen LogP contribution in [-0.4, -0.2) is 50.1 Å². The van der Waals surface area contributed by atoms with Crippen LogP contribution in [0.25, 0.3) is 11.1 Å². The lowest BCUT2D eigenvalue weighted by Crippen LogP contribution is -2.50. The summed E-state index contributed by atoms with van der Waals surface area (Å²) in [6, 6.07) is 21.1. The molecule has 4 rings (SSSR count). The second-order valence-electron chi connectivity index (χ2n) is 10.0. The van der Waals surface area contributed by atoms with Gasteiger partial charge in [-0.15, -0.1) is 0 Å². The van der Waals surface area contributed by atoms with Crippen molar-refractivity contribution in [2.24, 2.45) is 0 Å². The van der Waals surface area contributed by atoms with Gasteiger partial charge in [-0.25, -0.2) is 14.4 Å². The van der Waals surface area contributed by atoms with E-state index >= 15 is 0 Å². The highest BCUT2D eigenvalue weighted by molar-refractivity contribution is 5.84. The number of fused-ring (bicyclic) bond motifs is 3. The van der Waals surface area contributed by atoms with Gasteiger partial charge in [0, 0.05) is 5.92 Å². The molecule has 0 spiro atoms. The van der Waals surface area contributed by atoms with Gasteiger partial charge in [-0.3, -0.25) is 0 Å². The number of ether oxygens (including phenoxy) is 4. The number of methoxy groups -OCH3 is 1. The summed E-state index contributed by atoms with van der Waals surface area (Å²) < 4.78 is 21.3. The van der Waals surface area contributed by atoms with Crippen molar-refractivity contribution in [2.75, 3.05) is 20.3 Å². The average Bonchev–Trinajstić information content (AvgIpc) is 3.23. The highest BCUT2D eigenvalue weighted by Gasteiger charge is 2.30. The van der Waals surface area contributed by atoms with Crippen molar-refractivity contribution < 1.29 is 33.3 Å². The maximum Gasteiger partial charge on any atom is 0.407 e. The molecule has 2 N–H and O–H groups in total. The van der Waals surface area contributed by atoms with E-state index in [0.717, 1.165) is 22.3 Å². The standard InChI is InChI=1S/C30H32N2O7/c1-30(2,3)39-28(34)31-17-26(27(33)38-20-15-13-19(36-4)14-16-20)32-29(35)37-18-25-23-11-7-5-9-21(23)22-10-6-8-12-24(22)25/h5-16,25-26H,17-18H2,1-4H3,(H,31,34)(H,32,35)/t26-/m0/s1. The Morgan fingerprint density at radius 1 is 0.821 bits per heavy atom. The molecule has 1 atom stereocenters. The molecule has 204 valence electrons. The number of rotatable bonds is 8. The summed E-state index contributed by atoms with van der Waals surface area (Å²) in [5, 5.41) is 5.02. The van der Waals surface area contributed by atoms with Crippen molar-refractivity contribution >= 4 is 18.2 Å². The fourth-order valence-electron chi connectivity index (χ4n) is 4.31. The van der Waals surface area contributed by atoms with E-state index in [9.17, 15) is 14.4 Å². The number of alkyl carbamates (subject to hydrolysis) is 2. The molecule has 0 fully saturated rings. The van der Waals surface area contributed by atoms with Gasteiger partial charge in [0.1, 0.15) is 29.7 Å². The largest absolute Gasteiger partial charge is 0.497 e. The highest BCUT2D eigenvalue weighted by Crippen LogP contribution is 2.44. The Kier molecular flexibility index (Phi) is 8.39. The van der Waals surface area contributed by atoms with Crippen LogP contribution in [0.5, 0.6) is 11.5 Å². The van der Waals surface area contributed by atoms with Crippen LogP contribution >= 0.6 is 0 Å². The number of esters is 1. The summed E-state index contributed by atoms with van der Waals surface area (Å²) in [4.78, 5) is 38.0. The maximum atomic E-state index is 13.0. The lowest BCUT2D eigenvalue weighted by molar-refractivity contribution is -0.136. The Labute approximate surface area is 227 Å². The third-order valence-electron chi connectivity index (χ3n) is 6.05. The summed E-state index contributed by atoms with van der Waals surface area (Å²) in [5.74, 6) is -0.0930. The third kappa shape index (κ3) is 7.07. The summed E-state index contributed by atoms with van der Waals surface area (Å²) in [6.45, 7) is 4.96. The first kappa shape index (κ1) is 27.5. The summed E-state index contributed by atoms with van der Waals surface area (Å²) in [7, 11) is 1.53. The molecule has 9 nitrogen and oxygen atoms in total. The Morgan fingerprint density at radius 2 is 1.38 bits per heavy atom. The minimum Gasteiger partial charge on any atom is -0.497 e. The van der Waals surface area contributed by atoms with Gasteiger partial charge in [0.05, 0.1) is 13.7 Å². The van der Waals surface area contributed by atoms with Crippen LogP contribution in [0.4, 0.5) is 9.59 Å². The van der Waals surface area contributed by atoms with Crippen LogP contribution in [0, 0.1) is 0 Å². The second-order valence-corrected chi connectivity index (χ2v) is 10.0. The van der Waals surface area contributed by atoms with Gasteiger partial charge in [0.15, 0.2) is 0 Å². The normalized spacial score (nSPS) is 12.9. The van der Waals surface area contributed by atoms with E-state index in [0.29, 0.717) is 5.75 Å². The van der Waals surface area contributed by atoms with Crippen LogP contribution in [0.15, 0.2) is 72.8 Å². The van der Waals surface area contributed by atoms with Crippen LogP contribution in [0.2, 0.25) is 0 Å². The van der Waals surface area contributed by atoms with E-state index in [2.05, 4.69) is 10.6 Å². The minimum atomic E-state index is -1.24. The van der Waals surface area contributed by atoms with E-state index in [4.69, 9.17) is 18.9 Å². The van der Waals surface area contributed by atoms with Crippen LogP contribution in [0.1, 0.15) is 37.8 Å². The first-order valence-electron chi connectivity index (χ1n) is 12.6. The lowest BCUT2D eigenvalue weighted by Gasteiger charge is -2.22. The van der Waals surface area contributed by atoms with E-state index in [1.54, 1.807) is 45.0 Å². The fraction of sp³-hybridized carbons (Fsp3) is 0.300. The molecule has 2 amide bonds. The van der Waals surface area contributed by atoms with Gasteiger partial charge in [0.2, 0.25) is 0 Å². The fourth-order valence-corrected chi connectivity index (χ4v) is 4.31. The third-order valence-corrected chi connectivity index (χ3v) is 6.05. The average molecular weight is 533 g/mol. The van der Waals surface area contributed by atoms with E-state index in [-0.39, 0.29) is 24.8 Å². The molecule has 1 aliphatic rings. The zero-order valence-corrected chi connectivity index (χ0v) is 22.4. The number of amides is 2. The number of hydrogen-bond donors (Lipinski definition) is 2. The molecule has 39 heavy (non-hydrogen) atoms. The highest BCUT2D eigenvalue weighted by atomic mass is 16.6. The number of hydrogen-bond acceptors (Lipinski definition) is 7. The molecule has 3 aromatic rings. The zero-order valence-electron chi connectivity index (χ0n) is 22.4. The Balaban J connectivity index is 1.42. The Hall–Kier alpha value is -4.53. The van der Waals surface area contributed by atoms with Crippen molar-refractivity contribution in [3.05, 3.63) is 83.9 Å². The second kappa shape index (κ2) is 11.9. The van der Waals surface area contributed by atoms with Crippen LogP contribution in [-0.2, 0) is 14.3 Å². The van der Waals surface area contributed by atoms with Crippen molar-refractivity contribution in [3.63, 3.8) is 0 Å². The molecular formula is C30H32N2O7. The molecule has 3 aromatic carbocycles. The monoisotopic (exact) mass is 532 g/mol. The molecule has 0 bridgehead atoms. The van der Waals surface area contributed by atoms with Crippen molar-refractivity contribution in [1.82, 2.24) is 10.6 Å². The number of carbonyl (C=O) groups excluding carboxylic acids is 3. The Bertz CT molecular complexity index is 1290. The lowest BCUT2D eigenvalue weighted by atomic mass is 9.98. The summed E-state index contributed by atoms with van der Waals surface area (Å²) >= 11 is 0. The zero-order chi connectivity index (χ0) is 28.0. The molecule has 0 saturated heterocycles. The molecule has 0 saturated carbocycles. The predicted octanol–water partition coefficient (Wildman–Crippen LogP) is 5.03. The first-order valence-corrected chi connectivity index (χ1v) is 12.6. The van der Waals surface area contributed by atoms with Gasteiger partial charge in [-0.1, -0.05) is 48.5 Å². The molecule has 0 unspecified atom stereocenters. The molecule has 0 aliphatic heterocycles. The summed E-state index contributed by atoms with van der Waals surface area (Å²) in [5.41, 5.74) is 3.60. The molecule has 0 radical (unpaired) electrons. The van der Waals surface area contributed by atoms with Crippen LogP contribution < -0.4 is 20.1 Å². The number of benzene rings is 3.